The Morgan fingerprint density at radius 3 is 2.88 bits per heavy atom. The van der Waals surface area contributed by atoms with E-state index in [0.29, 0.717) is 0 Å². The summed E-state index contributed by atoms with van der Waals surface area (Å²) in [6, 6.07) is 6.02. The van der Waals surface area contributed by atoms with E-state index in [9.17, 15) is 4.79 Å². The predicted octanol–water partition coefficient (Wildman–Crippen LogP) is 2.47. The first-order chi connectivity index (χ1) is 8.13. The van der Waals surface area contributed by atoms with Gasteiger partial charge in [-0.1, -0.05) is 15.9 Å². The van der Waals surface area contributed by atoms with Gasteiger partial charge in [-0.15, -0.1) is 0 Å². The molecular formula is C13H17BrN2O. The maximum Gasteiger partial charge on any atom is 0.244 e. The first-order valence-electron chi connectivity index (χ1n) is 5.88. The van der Waals surface area contributed by atoms with Gasteiger partial charge in [0.2, 0.25) is 5.91 Å². The molecule has 17 heavy (non-hydrogen) atoms. The molecule has 1 aromatic rings. The highest BCUT2D eigenvalue weighted by molar-refractivity contribution is 9.10. The highest BCUT2D eigenvalue weighted by Crippen LogP contribution is 2.25. The topological polar surface area (TPSA) is 32.3 Å². The highest BCUT2D eigenvalue weighted by atomic mass is 79.9. The van der Waals surface area contributed by atoms with Crippen LogP contribution in [0.15, 0.2) is 22.7 Å². The van der Waals surface area contributed by atoms with Gasteiger partial charge in [-0.25, -0.2) is 0 Å². The van der Waals surface area contributed by atoms with Crippen molar-refractivity contribution in [2.75, 3.05) is 18.5 Å². The molecule has 1 aliphatic heterocycles. The van der Waals surface area contributed by atoms with E-state index >= 15 is 0 Å². The van der Waals surface area contributed by atoms with Crippen LogP contribution < -0.4 is 10.2 Å². The van der Waals surface area contributed by atoms with Gasteiger partial charge in [0.05, 0.1) is 6.04 Å². The van der Waals surface area contributed by atoms with Crippen molar-refractivity contribution in [1.82, 2.24) is 5.32 Å². The number of benzene rings is 1. The lowest BCUT2D eigenvalue weighted by Crippen LogP contribution is -2.49. The normalized spacial score (nSPS) is 20.8. The Labute approximate surface area is 110 Å². The van der Waals surface area contributed by atoms with Gasteiger partial charge in [-0.3, -0.25) is 4.79 Å². The van der Waals surface area contributed by atoms with E-state index < -0.39 is 0 Å². The van der Waals surface area contributed by atoms with Crippen molar-refractivity contribution in [2.24, 2.45) is 0 Å². The first-order valence-corrected chi connectivity index (χ1v) is 6.67. The zero-order valence-electron chi connectivity index (χ0n) is 10.2. The molecular weight excluding hydrogens is 280 g/mol. The standard InChI is InChI=1S/C13H17BrN2O/c1-9-8-10(5-6-11(9)14)16-7-3-4-12(15-2)13(16)17/h5-6,8,12,15H,3-4,7H2,1-2H3. The minimum absolute atomic E-state index is 0.0345. The van der Waals surface area contributed by atoms with E-state index in [2.05, 4.69) is 27.3 Å². The molecule has 0 bridgehead atoms. The van der Waals surface area contributed by atoms with Gasteiger partial charge in [0.25, 0.3) is 0 Å². The van der Waals surface area contributed by atoms with Gasteiger partial charge in [0, 0.05) is 16.7 Å². The highest BCUT2D eigenvalue weighted by Gasteiger charge is 2.28. The summed E-state index contributed by atoms with van der Waals surface area (Å²) in [7, 11) is 1.85. The molecule has 1 heterocycles. The average molecular weight is 297 g/mol. The van der Waals surface area contributed by atoms with Gasteiger partial charge in [-0.05, 0) is 50.6 Å². The molecule has 0 aromatic heterocycles. The largest absolute Gasteiger partial charge is 0.311 e. The second-order valence-corrected chi connectivity index (χ2v) is 5.26. The van der Waals surface area contributed by atoms with Crippen LogP contribution in [0.3, 0.4) is 0 Å². The number of anilines is 1. The number of aryl methyl sites for hydroxylation is 1. The van der Waals surface area contributed by atoms with Crippen LogP contribution in [0, 0.1) is 6.92 Å². The fourth-order valence-electron chi connectivity index (χ4n) is 2.20. The summed E-state index contributed by atoms with van der Waals surface area (Å²) in [5, 5.41) is 3.08. The van der Waals surface area contributed by atoms with E-state index in [-0.39, 0.29) is 11.9 Å². The number of likely N-dealkylation sites (N-methyl/N-ethyl adjacent to an activating group) is 1. The van der Waals surface area contributed by atoms with Crippen LogP contribution in [0.4, 0.5) is 5.69 Å². The summed E-state index contributed by atoms with van der Waals surface area (Å²) in [6.07, 6.45) is 1.98. The molecule has 1 saturated heterocycles. The minimum atomic E-state index is -0.0345. The summed E-state index contributed by atoms with van der Waals surface area (Å²) in [5.41, 5.74) is 2.15. The van der Waals surface area contributed by atoms with E-state index in [1.54, 1.807) is 0 Å². The Morgan fingerprint density at radius 2 is 2.24 bits per heavy atom. The average Bonchev–Trinajstić information content (AvgIpc) is 2.33. The number of amides is 1. The van der Waals surface area contributed by atoms with Crippen LogP contribution in [0.2, 0.25) is 0 Å². The quantitative estimate of drug-likeness (QED) is 0.909. The predicted molar refractivity (Wildman–Crippen MR) is 73.3 cm³/mol. The van der Waals surface area contributed by atoms with Crippen molar-refractivity contribution in [2.45, 2.75) is 25.8 Å². The van der Waals surface area contributed by atoms with Crippen LogP contribution in [-0.4, -0.2) is 25.5 Å². The summed E-state index contributed by atoms with van der Waals surface area (Å²) in [5.74, 6) is 0.181. The minimum Gasteiger partial charge on any atom is -0.311 e. The summed E-state index contributed by atoms with van der Waals surface area (Å²) in [4.78, 5) is 14.1. The lowest BCUT2D eigenvalue weighted by molar-refractivity contribution is -0.121. The molecule has 1 atom stereocenters. The molecule has 1 amide bonds. The van der Waals surface area contributed by atoms with Crippen molar-refractivity contribution >= 4 is 27.5 Å². The molecule has 0 radical (unpaired) electrons. The van der Waals surface area contributed by atoms with E-state index in [1.165, 1.54) is 0 Å². The van der Waals surface area contributed by atoms with Crippen LogP contribution in [0.1, 0.15) is 18.4 Å². The molecule has 0 aliphatic carbocycles. The number of nitrogens with one attached hydrogen (secondary N) is 1. The van der Waals surface area contributed by atoms with Crippen molar-refractivity contribution in [3.05, 3.63) is 28.2 Å². The number of nitrogens with zero attached hydrogens (tertiary/aromatic N) is 1. The van der Waals surface area contributed by atoms with Gasteiger partial charge in [-0.2, -0.15) is 0 Å². The molecule has 0 saturated carbocycles. The van der Waals surface area contributed by atoms with E-state index in [0.717, 1.165) is 35.1 Å². The molecule has 0 spiro atoms. The second-order valence-electron chi connectivity index (χ2n) is 4.41. The third-order valence-corrected chi connectivity index (χ3v) is 4.13. The third-order valence-electron chi connectivity index (χ3n) is 3.24. The monoisotopic (exact) mass is 296 g/mol. The SMILES string of the molecule is CNC1CCCN(c2ccc(Br)c(C)c2)C1=O. The lowest BCUT2D eigenvalue weighted by Gasteiger charge is -2.32. The van der Waals surface area contributed by atoms with Crippen molar-refractivity contribution in [3.8, 4) is 0 Å². The van der Waals surface area contributed by atoms with Gasteiger partial charge >= 0.3 is 0 Å². The Balaban J connectivity index is 2.26. The Morgan fingerprint density at radius 1 is 1.47 bits per heavy atom. The van der Waals surface area contributed by atoms with Gasteiger partial charge < -0.3 is 10.2 Å². The number of rotatable bonds is 2. The molecule has 4 heteroatoms. The zero-order chi connectivity index (χ0) is 12.4. The number of carbonyl (C=O) groups excluding carboxylic acids is 1. The van der Waals surface area contributed by atoms with E-state index in [1.807, 2.05) is 31.0 Å². The number of hydrogen-bond donors (Lipinski definition) is 1. The molecule has 2 rings (SSSR count). The van der Waals surface area contributed by atoms with Crippen LogP contribution >= 0.6 is 15.9 Å². The maximum absolute atomic E-state index is 12.2. The fourth-order valence-corrected chi connectivity index (χ4v) is 2.44. The Hall–Kier alpha value is -0.870. The smallest absolute Gasteiger partial charge is 0.244 e. The van der Waals surface area contributed by atoms with Crippen LogP contribution in [-0.2, 0) is 4.79 Å². The number of halogens is 1. The van der Waals surface area contributed by atoms with Crippen LogP contribution in [0.25, 0.3) is 0 Å². The number of hydrogen-bond acceptors (Lipinski definition) is 2. The lowest BCUT2D eigenvalue weighted by atomic mass is 10.0. The van der Waals surface area contributed by atoms with Gasteiger partial charge in [0.1, 0.15) is 0 Å². The molecule has 92 valence electrons. The van der Waals surface area contributed by atoms with Gasteiger partial charge in [0.15, 0.2) is 0 Å². The van der Waals surface area contributed by atoms with Crippen molar-refractivity contribution in [3.63, 3.8) is 0 Å². The molecule has 1 N–H and O–H groups in total. The summed E-state index contributed by atoms with van der Waals surface area (Å²) >= 11 is 3.48. The molecule has 1 aromatic carbocycles. The fraction of sp³-hybridized carbons (Fsp3) is 0.462. The Kier molecular flexibility index (Phi) is 3.84. The zero-order valence-corrected chi connectivity index (χ0v) is 11.8. The number of carbonyl (C=O) groups is 1. The molecule has 1 fully saturated rings. The molecule has 3 nitrogen and oxygen atoms in total. The third kappa shape index (κ3) is 2.53. The maximum atomic E-state index is 12.2. The Bertz CT molecular complexity index is 433. The molecule has 1 aliphatic rings. The van der Waals surface area contributed by atoms with Crippen molar-refractivity contribution < 1.29 is 4.79 Å². The van der Waals surface area contributed by atoms with Crippen molar-refractivity contribution in [1.29, 1.82) is 0 Å². The first kappa shape index (κ1) is 12.6. The van der Waals surface area contributed by atoms with E-state index in [4.69, 9.17) is 0 Å². The summed E-state index contributed by atoms with van der Waals surface area (Å²) < 4.78 is 1.08. The molecule has 1 unspecified atom stereocenters. The second kappa shape index (κ2) is 5.19. The summed E-state index contributed by atoms with van der Waals surface area (Å²) in [6.45, 7) is 2.86. The van der Waals surface area contributed by atoms with Crippen LogP contribution in [0.5, 0.6) is 0 Å². The number of piperidine rings is 1.